The summed E-state index contributed by atoms with van der Waals surface area (Å²) in [7, 11) is 0. The largest absolute Gasteiger partial charge is 0.351 e. The van der Waals surface area contributed by atoms with Crippen molar-refractivity contribution in [3.05, 3.63) is 46.9 Å². The summed E-state index contributed by atoms with van der Waals surface area (Å²) in [4.78, 5) is 26.5. The van der Waals surface area contributed by atoms with E-state index in [0.717, 1.165) is 0 Å². The Morgan fingerprint density at radius 3 is 2.76 bits per heavy atom. The van der Waals surface area contributed by atoms with Crippen LogP contribution in [0.15, 0.2) is 29.8 Å². The van der Waals surface area contributed by atoms with Crippen LogP contribution in [-0.4, -0.2) is 16.6 Å². The van der Waals surface area contributed by atoms with Crippen LogP contribution in [-0.2, 0) is 0 Å². The predicted octanol–water partition coefficient (Wildman–Crippen LogP) is 2.63. The van der Waals surface area contributed by atoms with Gasteiger partial charge in [0.25, 0.3) is 0 Å². The summed E-state index contributed by atoms with van der Waals surface area (Å²) in [6.07, 6.45) is 1.30. The zero-order valence-corrected chi connectivity index (χ0v) is 9.00. The van der Waals surface area contributed by atoms with Crippen molar-refractivity contribution >= 4 is 22.5 Å². The fraction of sp³-hybridized carbons (Fsp3) is 0.0769. The van der Waals surface area contributed by atoms with Gasteiger partial charge in [0.2, 0.25) is 5.78 Å². The van der Waals surface area contributed by atoms with E-state index in [1.54, 1.807) is 6.92 Å². The van der Waals surface area contributed by atoms with E-state index in [9.17, 15) is 14.0 Å². The number of hydrogen-bond donors (Lipinski definition) is 1. The van der Waals surface area contributed by atoms with Gasteiger partial charge < -0.3 is 4.98 Å². The Kier molecular flexibility index (Phi) is 1.84. The maximum Gasteiger partial charge on any atom is 0.203 e. The van der Waals surface area contributed by atoms with Gasteiger partial charge in [0.05, 0.1) is 11.3 Å². The van der Waals surface area contributed by atoms with Crippen LogP contribution in [0.25, 0.3) is 10.9 Å². The Bertz CT molecular complexity index is 710. The van der Waals surface area contributed by atoms with Gasteiger partial charge >= 0.3 is 0 Å². The number of carbonyl (C=O) groups is 2. The highest BCUT2D eigenvalue weighted by Gasteiger charge is 2.27. The maximum atomic E-state index is 13.1. The van der Waals surface area contributed by atoms with Crippen LogP contribution >= 0.6 is 0 Å². The van der Waals surface area contributed by atoms with Crippen molar-refractivity contribution in [1.29, 1.82) is 0 Å². The van der Waals surface area contributed by atoms with Crippen molar-refractivity contribution in [2.45, 2.75) is 6.92 Å². The maximum absolute atomic E-state index is 13.1. The first-order valence-corrected chi connectivity index (χ1v) is 5.16. The molecule has 0 atom stereocenters. The van der Waals surface area contributed by atoms with Gasteiger partial charge in [-0.05, 0) is 31.2 Å². The van der Waals surface area contributed by atoms with Gasteiger partial charge in [-0.25, -0.2) is 4.39 Å². The lowest BCUT2D eigenvalue weighted by Crippen LogP contribution is -2.14. The summed E-state index contributed by atoms with van der Waals surface area (Å²) in [5.41, 5.74) is 1.48. The van der Waals surface area contributed by atoms with E-state index < -0.39 is 5.82 Å². The molecule has 17 heavy (non-hydrogen) atoms. The minimum Gasteiger partial charge on any atom is -0.351 e. The SMILES string of the molecule is CC1=CC(=O)c2[nH]c3cc(F)ccc3c2C1=O. The summed E-state index contributed by atoms with van der Waals surface area (Å²) in [6.45, 7) is 1.60. The molecule has 3 nitrogen and oxygen atoms in total. The number of aromatic amines is 1. The second kappa shape index (κ2) is 3.13. The molecule has 84 valence electrons. The van der Waals surface area contributed by atoms with E-state index in [-0.39, 0.29) is 17.3 Å². The number of aromatic nitrogens is 1. The first kappa shape index (κ1) is 9.96. The molecule has 3 rings (SSSR count). The van der Waals surface area contributed by atoms with Crippen LogP contribution in [0.1, 0.15) is 27.8 Å². The zero-order chi connectivity index (χ0) is 12.2. The summed E-state index contributed by atoms with van der Waals surface area (Å²) in [5, 5.41) is 0.590. The molecule has 1 heterocycles. The van der Waals surface area contributed by atoms with Crippen LogP contribution in [0.2, 0.25) is 0 Å². The zero-order valence-electron chi connectivity index (χ0n) is 9.00. The van der Waals surface area contributed by atoms with Gasteiger partial charge in [0.1, 0.15) is 5.82 Å². The van der Waals surface area contributed by atoms with Crippen LogP contribution in [0.5, 0.6) is 0 Å². The molecule has 0 spiro atoms. The predicted molar refractivity (Wildman–Crippen MR) is 60.7 cm³/mol. The van der Waals surface area contributed by atoms with Crippen molar-refractivity contribution < 1.29 is 14.0 Å². The van der Waals surface area contributed by atoms with Gasteiger partial charge in [-0.2, -0.15) is 0 Å². The number of Topliss-reactive ketones (excluding diaryl/α,β-unsaturated/α-hetero) is 1. The lowest BCUT2D eigenvalue weighted by atomic mass is 9.94. The summed E-state index contributed by atoms with van der Waals surface area (Å²) in [5.74, 6) is -0.827. The molecule has 0 fully saturated rings. The quantitative estimate of drug-likeness (QED) is 0.754. The van der Waals surface area contributed by atoms with E-state index >= 15 is 0 Å². The van der Waals surface area contributed by atoms with Crippen molar-refractivity contribution in [1.82, 2.24) is 4.98 Å². The van der Waals surface area contributed by atoms with Crippen molar-refractivity contribution in [3.8, 4) is 0 Å². The summed E-state index contributed by atoms with van der Waals surface area (Å²) in [6, 6.07) is 4.08. The Hall–Kier alpha value is -2.23. The second-order valence-electron chi connectivity index (χ2n) is 4.09. The van der Waals surface area contributed by atoms with Gasteiger partial charge in [-0.1, -0.05) is 0 Å². The number of hydrogen-bond acceptors (Lipinski definition) is 2. The number of benzene rings is 1. The molecular formula is C13H8FNO2. The Morgan fingerprint density at radius 1 is 1.24 bits per heavy atom. The molecule has 1 aromatic heterocycles. The fourth-order valence-corrected chi connectivity index (χ4v) is 2.12. The average molecular weight is 229 g/mol. The third-order valence-corrected chi connectivity index (χ3v) is 2.94. The third kappa shape index (κ3) is 1.27. The lowest BCUT2D eigenvalue weighted by Gasteiger charge is -2.07. The van der Waals surface area contributed by atoms with Gasteiger partial charge in [-0.3, -0.25) is 9.59 Å². The Balaban J connectivity index is 2.41. The van der Waals surface area contributed by atoms with Gasteiger partial charge in [0.15, 0.2) is 5.78 Å². The molecule has 2 aromatic rings. The first-order valence-electron chi connectivity index (χ1n) is 5.16. The number of fused-ring (bicyclic) bond motifs is 3. The third-order valence-electron chi connectivity index (χ3n) is 2.94. The summed E-state index contributed by atoms with van der Waals surface area (Å²) < 4.78 is 13.1. The molecule has 0 bridgehead atoms. The number of ketones is 2. The highest BCUT2D eigenvalue weighted by atomic mass is 19.1. The van der Waals surface area contributed by atoms with E-state index in [4.69, 9.17) is 0 Å². The monoisotopic (exact) mass is 229 g/mol. The van der Waals surface area contributed by atoms with Crippen molar-refractivity contribution in [2.75, 3.05) is 0 Å². The molecule has 0 unspecified atom stereocenters. The van der Waals surface area contributed by atoms with Gasteiger partial charge in [-0.15, -0.1) is 0 Å². The van der Waals surface area contributed by atoms with Crippen LogP contribution in [0.4, 0.5) is 4.39 Å². The number of H-pyrrole nitrogens is 1. The Labute approximate surface area is 95.9 Å². The van der Waals surface area contributed by atoms with Crippen LogP contribution < -0.4 is 0 Å². The smallest absolute Gasteiger partial charge is 0.203 e. The highest BCUT2D eigenvalue weighted by Crippen LogP contribution is 2.29. The lowest BCUT2D eigenvalue weighted by molar-refractivity contribution is 0.0983. The number of carbonyl (C=O) groups excluding carboxylic acids is 2. The number of allylic oxidation sites excluding steroid dienone is 2. The van der Waals surface area contributed by atoms with Gasteiger partial charge in [0, 0.05) is 16.5 Å². The molecule has 0 saturated carbocycles. The average Bonchev–Trinajstić information content (AvgIpc) is 2.65. The minimum atomic E-state index is -0.402. The van der Waals surface area contributed by atoms with Crippen LogP contribution in [0.3, 0.4) is 0 Å². The van der Waals surface area contributed by atoms with Crippen LogP contribution in [0, 0.1) is 5.82 Å². The van der Waals surface area contributed by atoms with E-state index in [2.05, 4.69) is 4.98 Å². The van der Waals surface area contributed by atoms with Crippen molar-refractivity contribution in [3.63, 3.8) is 0 Å². The first-order chi connectivity index (χ1) is 8.08. The molecule has 1 aliphatic rings. The molecule has 1 aromatic carbocycles. The number of rotatable bonds is 0. The molecule has 0 amide bonds. The van der Waals surface area contributed by atoms with Crippen molar-refractivity contribution in [2.24, 2.45) is 0 Å². The number of nitrogens with one attached hydrogen (secondary N) is 1. The highest BCUT2D eigenvalue weighted by molar-refractivity contribution is 6.28. The van der Waals surface area contributed by atoms with E-state index in [1.807, 2.05) is 0 Å². The molecule has 0 aliphatic heterocycles. The fourth-order valence-electron chi connectivity index (χ4n) is 2.12. The molecule has 0 saturated heterocycles. The Morgan fingerprint density at radius 2 is 2.00 bits per heavy atom. The molecule has 4 heteroatoms. The normalized spacial score (nSPS) is 15.1. The molecule has 1 N–H and O–H groups in total. The second-order valence-corrected chi connectivity index (χ2v) is 4.09. The molecule has 0 radical (unpaired) electrons. The molecule has 1 aliphatic carbocycles. The molecular weight excluding hydrogens is 221 g/mol. The minimum absolute atomic E-state index is 0.183. The topological polar surface area (TPSA) is 49.9 Å². The summed E-state index contributed by atoms with van der Waals surface area (Å²) >= 11 is 0. The number of halogens is 1. The standard InChI is InChI=1S/C13H8FNO2/c1-6-4-10(16)12-11(13(6)17)8-3-2-7(14)5-9(8)15-12/h2-5,15H,1H3. The van der Waals surface area contributed by atoms with E-state index in [0.29, 0.717) is 22.0 Å². The van der Waals surface area contributed by atoms with E-state index in [1.165, 1.54) is 24.3 Å².